The van der Waals surface area contributed by atoms with Crippen LogP contribution in [0.2, 0.25) is 0 Å². The molecule has 2 heteroatoms. The van der Waals surface area contributed by atoms with E-state index in [1.807, 2.05) is 32.1 Å². The Bertz CT molecular complexity index is 459. The standard InChI is InChI=1S/C15H16F2.C2H6/c1-10(2)15-13(16)8-12(9-14(15)17)11-6-4-3-5-7-11;1-2/h4,6-10H,3,5H2,1-2H3;1-2H3. The Morgan fingerprint density at radius 2 is 1.58 bits per heavy atom. The summed E-state index contributed by atoms with van der Waals surface area (Å²) in [6.45, 7) is 7.59. The molecule has 19 heavy (non-hydrogen) atoms. The van der Waals surface area contributed by atoms with Crippen LogP contribution in [0.25, 0.3) is 5.57 Å². The van der Waals surface area contributed by atoms with Crippen molar-refractivity contribution < 1.29 is 8.78 Å². The van der Waals surface area contributed by atoms with Gasteiger partial charge in [0.05, 0.1) is 0 Å². The smallest absolute Gasteiger partial charge is 0.130 e. The Hall–Kier alpha value is -1.44. The largest absolute Gasteiger partial charge is 0.207 e. The topological polar surface area (TPSA) is 0 Å². The summed E-state index contributed by atoms with van der Waals surface area (Å²) in [5.74, 6) is -1.04. The van der Waals surface area contributed by atoms with Crippen molar-refractivity contribution in [3.63, 3.8) is 0 Å². The van der Waals surface area contributed by atoms with Crippen molar-refractivity contribution in [2.24, 2.45) is 0 Å². The average Bonchev–Trinajstić information content (AvgIpc) is 2.40. The van der Waals surface area contributed by atoms with E-state index >= 15 is 0 Å². The van der Waals surface area contributed by atoms with E-state index in [1.54, 1.807) is 13.8 Å². The number of hydrogen-bond acceptors (Lipinski definition) is 0. The maximum absolute atomic E-state index is 13.8. The fraction of sp³-hybridized carbons (Fsp3) is 0.412. The number of hydrogen-bond donors (Lipinski definition) is 0. The van der Waals surface area contributed by atoms with E-state index in [2.05, 4.69) is 0 Å². The number of halogens is 2. The fourth-order valence-corrected chi connectivity index (χ4v) is 2.13. The molecule has 0 amide bonds. The van der Waals surface area contributed by atoms with Gasteiger partial charge >= 0.3 is 0 Å². The molecule has 1 aromatic carbocycles. The average molecular weight is 264 g/mol. The summed E-state index contributed by atoms with van der Waals surface area (Å²) in [6.07, 6.45) is 7.90. The first kappa shape index (κ1) is 15.6. The van der Waals surface area contributed by atoms with Crippen LogP contribution in [0.5, 0.6) is 0 Å². The van der Waals surface area contributed by atoms with Crippen molar-refractivity contribution in [3.05, 3.63) is 53.1 Å². The maximum atomic E-state index is 13.8. The van der Waals surface area contributed by atoms with Crippen molar-refractivity contribution in [1.82, 2.24) is 0 Å². The number of rotatable bonds is 2. The molecule has 104 valence electrons. The predicted octanol–water partition coefficient (Wildman–Crippen LogP) is 5.85. The molecular formula is C17H22F2. The van der Waals surface area contributed by atoms with E-state index in [-0.39, 0.29) is 11.5 Å². The molecule has 0 bridgehead atoms. The molecule has 1 aliphatic carbocycles. The van der Waals surface area contributed by atoms with Gasteiger partial charge in [-0.3, -0.25) is 0 Å². The van der Waals surface area contributed by atoms with Gasteiger partial charge in [0.1, 0.15) is 11.6 Å². The quantitative estimate of drug-likeness (QED) is 0.628. The van der Waals surface area contributed by atoms with E-state index < -0.39 is 11.6 Å². The zero-order valence-corrected chi connectivity index (χ0v) is 12.1. The van der Waals surface area contributed by atoms with Crippen LogP contribution in [0.3, 0.4) is 0 Å². The minimum atomic E-state index is -0.449. The lowest BCUT2D eigenvalue weighted by Gasteiger charge is -2.12. The highest BCUT2D eigenvalue weighted by molar-refractivity contribution is 5.75. The molecule has 0 heterocycles. The predicted molar refractivity (Wildman–Crippen MR) is 78.1 cm³/mol. The first-order valence-electron chi connectivity index (χ1n) is 6.95. The third kappa shape index (κ3) is 3.76. The highest BCUT2D eigenvalue weighted by atomic mass is 19.1. The van der Waals surface area contributed by atoms with Crippen molar-refractivity contribution in [2.75, 3.05) is 0 Å². The van der Waals surface area contributed by atoms with Crippen molar-refractivity contribution in [1.29, 1.82) is 0 Å². The second kappa shape index (κ2) is 7.22. The van der Waals surface area contributed by atoms with Gasteiger partial charge in [-0.1, -0.05) is 45.9 Å². The van der Waals surface area contributed by atoms with Gasteiger partial charge in [-0.05, 0) is 42.0 Å². The molecule has 0 atom stereocenters. The third-order valence-electron chi connectivity index (χ3n) is 2.98. The van der Waals surface area contributed by atoms with E-state index in [9.17, 15) is 8.78 Å². The normalized spacial score (nSPS) is 13.9. The summed E-state index contributed by atoms with van der Waals surface area (Å²) in [5.41, 5.74) is 1.71. The molecule has 0 unspecified atom stereocenters. The molecule has 0 fully saturated rings. The van der Waals surface area contributed by atoms with Crippen LogP contribution in [0.4, 0.5) is 8.78 Å². The molecule has 0 nitrogen and oxygen atoms in total. The van der Waals surface area contributed by atoms with E-state index in [1.165, 1.54) is 12.1 Å². The number of allylic oxidation sites excluding steroid dienone is 4. The Kier molecular flexibility index (Phi) is 5.94. The molecule has 1 aromatic rings. The van der Waals surface area contributed by atoms with Gasteiger partial charge in [0.2, 0.25) is 0 Å². The zero-order chi connectivity index (χ0) is 14.4. The second-order valence-corrected chi connectivity index (χ2v) is 4.65. The molecule has 0 N–H and O–H groups in total. The summed E-state index contributed by atoms with van der Waals surface area (Å²) < 4.78 is 27.7. The summed E-state index contributed by atoms with van der Waals surface area (Å²) in [4.78, 5) is 0. The Balaban J connectivity index is 0.000000861. The van der Waals surface area contributed by atoms with Gasteiger partial charge in [-0.15, -0.1) is 0 Å². The summed E-state index contributed by atoms with van der Waals surface area (Å²) >= 11 is 0. The van der Waals surface area contributed by atoms with Crippen LogP contribution < -0.4 is 0 Å². The Labute approximate surface area is 114 Å². The third-order valence-corrected chi connectivity index (χ3v) is 2.98. The van der Waals surface area contributed by atoms with Crippen molar-refractivity contribution in [2.45, 2.75) is 46.5 Å². The maximum Gasteiger partial charge on any atom is 0.130 e. The lowest BCUT2D eigenvalue weighted by molar-refractivity contribution is 0.541. The molecule has 2 rings (SSSR count). The molecule has 1 aliphatic rings. The van der Waals surface area contributed by atoms with Gasteiger partial charge in [0.15, 0.2) is 0 Å². The fourth-order valence-electron chi connectivity index (χ4n) is 2.13. The van der Waals surface area contributed by atoms with Crippen molar-refractivity contribution in [3.8, 4) is 0 Å². The van der Waals surface area contributed by atoms with Crippen LogP contribution in [0, 0.1) is 11.6 Å². The summed E-state index contributed by atoms with van der Waals surface area (Å²) in [5, 5.41) is 0. The molecule has 0 radical (unpaired) electrons. The lowest BCUT2D eigenvalue weighted by atomic mass is 9.95. The van der Waals surface area contributed by atoms with Crippen LogP contribution in [-0.4, -0.2) is 0 Å². The molecule has 0 aliphatic heterocycles. The van der Waals surface area contributed by atoms with Gasteiger partial charge in [0, 0.05) is 5.56 Å². The van der Waals surface area contributed by atoms with Gasteiger partial charge in [-0.25, -0.2) is 8.78 Å². The molecule has 0 saturated heterocycles. The van der Waals surface area contributed by atoms with Crippen molar-refractivity contribution >= 4 is 5.57 Å². The highest BCUT2D eigenvalue weighted by Crippen LogP contribution is 2.28. The molecule has 0 spiro atoms. The minimum absolute atomic E-state index is 0.139. The Morgan fingerprint density at radius 1 is 1.00 bits per heavy atom. The first-order chi connectivity index (χ1) is 9.09. The summed E-state index contributed by atoms with van der Waals surface area (Å²) in [7, 11) is 0. The highest BCUT2D eigenvalue weighted by Gasteiger charge is 2.15. The molecule has 0 aromatic heterocycles. The van der Waals surface area contributed by atoms with Gasteiger partial charge in [-0.2, -0.15) is 0 Å². The monoisotopic (exact) mass is 264 g/mol. The Morgan fingerprint density at radius 3 is 2.00 bits per heavy atom. The molecular weight excluding hydrogens is 242 g/mol. The van der Waals surface area contributed by atoms with E-state index in [0.717, 1.165) is 18.4 Å². The minimum Gasteiger partial charge on any atom is -0.207 e. The van der Waals surface area contributed by atoms with Crippen LogP contribution >= 0.6 is 0 Å². The van der Waals surface area contributed by atoms with Crippen LogP contribution in [0.15, 0.2) is 30.4 Å². The van der Waals surface area contributed by atoms with Crippen LogP contribution in [0.1, 0.15) is 57.6 Å². The van der Waals surface area contributed by atoms with E-state index in [0.29, 0.717) is 5.56 Å². The van der Waals surface area contributed by atoms with Gasteiger partial charge < -0.3 is 0 Å². The number of benzene rings is 1. The lowest BCUT2D eigenvalue weighted by Crippen LogP contribution is -2.00. The second-order valence-electron chi connectivity index (χ2n) is 4.65. The first-order valence-corrected chi connectivity index (χ1v) is 6.95. The van der Waals surface area contributed by atoms with E-state index in [4.69, 9.17) is 0 Å². The SMILES string of the molecule is CC.CC(C)c1c(F)cc(C2=CCCC=C2)cc1F. The van der Waals surface area contributed by atoms with Gasteiger partial charge in [0.25, 0.3) is 0 Å². The zero-order valence-electron chi connectivity index (χ0n) is 12.1. The molecule has 0 saturated carbocycles. The van der Waals surface area contributed by atoms with Crippen LogP contribution in [-0.2, 0) is 0 Å². The summed E-state index contributed by atoms with van der Waals surface area (Å²) in [6, 6.07) is 2.86.